The minimum atomic E-state index is -1.32. The largest absolute Gasteiger partial charge is 0.477 e. The number of hydrogen-bond acceptors (Lipinski definition) is 7. The van der Waals surface area contributed by atoms with E-state index in [-0.39, 0.29) is 16.3 Å². The summed E-state index contributed by atoms with van der Waals surface area (Å²) < 4.78 is 32.1. The summed E-state index contributed by atoms with van der Waals surface area (Å²) in [5.74, 6) is -2.87. The third-order valence-electron chi connectivity index (χ3n) is 8.91. The van der Waals surface area contributed by atoms with E-state index < -0.39 is 23.0 Å². The Kier molecular flexibility index (Phi) is 6.53. The van der Waals surface area contributed by atoms with Gasteiger partial charge in [-0.3, -0.25) is 4.79 Å². The summed E-state index contributed by atoms with van der Waals surface area (Å²) in [4.78, 5) is 42.0. The first-order valence-electron chi connectivity index (χ1n) is 14.5. The fourth-order valence-electron chi connectivity index (χ4n) is 6.86. The fraction of sp³-hybridized carbons (Fsp3) is 0.355. The number of nitrogens with zero attached hydrogens (tertiary/aromatic N) is 5. The summed E-state index contributed by atoms with van der Waals surface area (Å²) in [7, 11) is 3.28. The number of nitrogens with one attached hydrogen (secondary N) is 2. The van der Waals surface area contributed by atoms with Crippen LogP contribution in [0.25, 0.3) is 44.1 Å². The van der Waals surface area contributed by atoms with Crippen LogP contribution in [0.1, 0.15) is 29.6 Å². The normalized spacial score (nSPS) is 17.6. The molecule has 0 spiro atoms. The van der Waals surface area contributed by atoms with Crippen molar-refractivity contribution >= 4 is 50.3 Å². The fourth-order valence-corrected chi connectivity index (χ4v) is 6.86. The summed E-state index contributed by atoms with van der Waals surface area (Å²) in [6.45, 7) is 4.59. The van der Waals surface area contributed by atoms with Crippen LogP contribution in [0.4, 0.5) is 20.2 Å². The highest BCUT2D eigenvalue weighted by Gasteiger charge is 2.31. The van der Waals surface area contributed by atoms with E-state index in [0.29, 0.717) is 57.2 Å². The average Bonchev–Trinajstić information content (AvgIpc) is 3.77. The zero-order valence-corrected chi connectivity index (χ0v) is 23.9. The first-order chi connectivity index (χ1) is 20.7. The van der Waals surface area contributed by atoms with Crippen molar-refractivity contribution in [2.24, 2.45) is 13.0 Å². The molecule has 2 saturated heterocycles. The minimum Gasteiger partial charge on any atom is -0.477 e. The van der Waals surface area contributed by atoms with Crippen molar-refractivity contribution in [3.05, 3.63) is 58.1 Å². The van der Waals surface area contributed by atoms with E-state index in [1.165, 1.54) is 23.6 Å². The van der Waals surface area contributed by atoms with Crippen LogP contribution in [0, 0.1) is 17.6 Å². The topological polar surface area (TPSA) is 119 Å². The molecule has 0 saturated carbocycles. The number of rotatable bonds is 6. The molecule has 2 aliphatic heterocycles. The second-order valence-electron chi connectivity index (χ2n) is 11.6. The molecular formula is C31H31F2N7O3. The van der Waals surface area contributed by atoms with Crippen molar-refractivity contribution in [3.63, 3.8) is 0 Å². The third kappa shape index (κ3) is 4.39. The Labute approximate surface area is 244 Å². The van der Waals surface area contributed by atoms with E-state index in [4.69, 9.17) is 0 Å². The first kappa shape index (κ1) is 27.3. The van der Waals surface area contributed by atoms with Crippen LogP contribution in [-0.4, -0.2) is 75.3 Å². The Morgan fingerprint density at radius 2 is 1.93 bits per heavy atom. The number of aryl methyl sites for hydroxylation is 1. The molecule has 1 atom stereocenters. The van der Waals surface area contributed by atoms with Gasteiger partial charge in [-0.25, -0.2) is 23.5 Å². The lowest BCUT2D eigenvalue weighted by atomic mass is 10.0. The second-order valence-corrected chi connectivity index (χ2v) is 11.6. The van der Waals surface area contributed by atoms with Gasteiger partial charge in [-0.2, -0.15) is 0 Å². The van der Waals surface area contributed by atoms with Gasteiger partial charge < -0.3 is 29.8 Å². The molecule has 2 fully saturated rings. The number of likely N-dealkylation sites (tertiary alicyclic amines) is 1. The number of carbonyl (C=O) groups is 1. The molecule has 222 valence electrons. The van der Waals surface area contributed by atoms with E-state index in [0.717, 1.165) is 38.7 Å². The monoisotopic (exact) mass is 587 g/mol. The molecule has 0 radical (unpaired) electrons. The standard InChI is InChI=1S/C31H31F2N7O3/c1-34-22-10-21(32)25(33)23-24-27(40-8-5-16(14-40)13-39-6-3-4-7-39)19(12-35-29(24)37-26(22)23)17-9-18-28(41)20(31(42)43)15-38(2)30(18)36-11-17/h9-12,15-16,34H,3-8,13-14H2,1-2H3,(H,35,37)(H,42,43)/t16-/m0/s1. The molecule has 0 bridgehead atoms. The number of aromatic amines is 1. The number of carboxylic acid groups (broad SMARTS) is 1. The predicted octanol–water partition coefficient (Wildman–Crippen LogP) is 4.57. The van der Waals surface area contributed by atoms with Crippen LogP contribution in [0.15, 0.2) is 35.5 Å². The van der Waals surface area contributed by atoms with Gasteiger partial charge in [0.2, 0.25) is 5.43 Å². The number of pyridine rings is 3. The highest BCUT2D eigenvalue weighted by Crippen LogP contribution is 2.44. The lowest BCUT2D eigenvalue weighted by molar-refractivity contribution is 0.0695. The highest BCUT2D eigenvalue weighted by molar-refractivity contribution is 6.18. The van der Waals surface area contributed by atoms with Gasteiger partial charge in [-0.15, -0.1) is 0 Å². The second kappa shape index (κ2) is 10.3. The Balaban J connectivity index is 1.47. The van der Waals surface area contributed by atoms with Crippen LogP contribution in [-0.2, 0) is 7.05 Å². The van der Waals surface area contributed by atoms with Crippen molar-refractivity contribution in [2.75, 3.05) is 50.0 Å². The van der Waals surface area contributed by atoms with Crippen LogP contribution in [0.3, 0.4) is 0 Å². The van der Waals surface area contributed by atoms with Crippen molar-refractivity contribution in [2.45, 2.75) is 19.3 Å². The molecule has 2 aliphatic rings. The number of aromatic carboxylic acids is 1. The van der Waals surface area contributed by atoms with E-state index in [2.05, 4.69) is 30.1 Å². The molecule has 3 N–H and O–H groups in total. The Morgan fingerprint density at radius 3 is 2.67 bits per heavy atom. The SMILES string of the molecule is CNc1cc(F)c(F)c2c1[nH]c1ncc(-c3cnc4c(c3)c(=O)c(C(=O)O)cn4C)c(N3CC[C@@H](CN4CCCC4)C3)c12. The number of fused-ring (bicyclic) bond motifs is 4. The number of H-pyrrole nitrogens is 1. The number of anilines is 2. The maximum Gasteiger partial charge on any atom is 0.341 e. The third-order valence-corrected chi connectivity index (χ3v) is 8.91. The highest BCUT2D eigenvalue weighted by atomic mass is 19.2. The molecular weight excluding hydrogens is 556 g/mol. The Bertz CT molecular complexity index is 2000. The molecule has 4 aromatic heterocycles. The molecule has 1 aromatic carbocycles. The molecule has 0 unspecified atom stereocenters. The maximum absolute atomic E-state index is 15.7. The Hall–Kier alpha value is -4.58. The van der Waals surface area contributed by atoms with Crippen molar-refractivity contribution in [1.29, 1.82) is 0 Å². The van der Waals surface area contributed by atoms with Crippen LogP contribution < -0.4 is 15.6 Å². The molecule has 0 aliphatic carbocycles. The number of halogens is 2. The minimum absolute atomic E-state index is 0.101. The van der Waals surface area contributed by atoms with Crippen molar-refractivity contribution in [3.8, 4) is 11.1 Å². The molecule has 6 heterocycles. The molecule has 10 nitrogen and oxygen atoms in total. The molecule has 0 amide bonds. The van der Waals surface area contributed by atoms with E-state index >= 15 is 4.39 Å². The molecule has 5 aromatic rings. The predicted molar refractivity (Wildman–Crippen MR) is 162 cm³/mol. The van der Waals surface area contributed by atoms with Gasteiger partial charge in [0, 0.05) is 69.5 Å². The quantitative estimate of drug-likeness (QED) is 0.264. The summed E-state index contributed by atoms with van der Waals surface area (Å²) >= 11 is 0. The maximum atomic E-state index is 15.7. The molecule has 12 heteroatoms. The number of hydrogen-bond donors (Lipinski definition) is 3. The van der Waals surface area contributed by atoms with Gasteiger partial charge in [0.05, 0.1) is 33.1 Å². The summed E-state index contributed by atoms with van der Waals surface area (Å²) in [5.41, 5.74) is 2.37. The van der Waals surface area contributed by atoms with Gasteiger partial charge in [0.15, 0.2) is 11.6 Å². The number of benzene rings is 1. The van der Waals surface area contributed by atoms with Gasteiger partial charge in [0.25, 0.3) is 0 Å². The lowest BCUT2D eigenvalue weighted by Gasteiger charge is -2.25. The van der Waals surface area contributed by atoms with Gasteiger partial charge >= 0.3 is 5.97 Å². The lowest BCUT2D eigenvalue weighted by Crippen LogP contribution is -2.29. The number of carboxylic acids is 1. The smallest absolute Gasteiger partial charge is 0.341 e. The zero-order chi connectivity index (χ0) is 30.0. The average molecular weight is 588 g/mol. The molecule has 7 rings (SSSR count). The van der Waals surface area contributed by atoms with E-state index in [1.807, 2.05) is 0 Å². The zero-order valence-electron chi connectivity index (χ0n) is 23.9. The van der Waals surface area contributed by atoms with E-state index in [1.54, 1.807) is 32.6 Å². The van der Waals surface area contributed by atoms with Crippen LogP contribution in [0.2, 0.25) is 0 Å². The van der Waals surface area contributed by atoms with Gasteiger partial charge in [-0.05, 0) is 44.3 Å². The Morgan fingerprint density at radius 1 is 1.14 bits per heavy atom. The van der Waals surface area contributed by atoms with Crippen LogP contribution >= 0.6 is 0 Å². The van der Waals surface area contributed by atoms with Crippen molar-refractivity contribution < 1.29 is 18.7 Å². The first-order valence-corrected chi connectivity index (χ1v) is 14.5. The van der Waals surface area contributed by atoms with Crippen LogP contribution in [0.5, 0.6) is 0 Å². The van der Waals surface area contributed by atoms with Gasteiger partial charge in [0.1, 0.15) is 16.9 Å². The summed E-state index contributed by atoms with van der Waals surface area (Å²) in [6.07, 6.45) is 7.88. The van der Waals surface area contributed by atoms with Crippen molar-refractivity contribution in [1.82, 2.24) is 24.4 Å². The van der Waals surface area contributed by atoms with E-state index in [9.17, 15) is 19.1 Å². The summed E-state index contributed by atoms with van der Waals surface area (Å²) in [5, 5.41) is 13.3. The molecule has 43 heavy (non-hydrogen) atoms. The summed E-state index contributed by atoms with van der Waals surface area (Å²) in [6, 6.07) is 2.74. The number of aromatic nitrogens is 4. The van der Waals surface area contributed by atoms with Gasteiger partial charge in [-0.1, -0.05) is 0 Å².